The van der Waals surface area contributed by atoms with Gasteiger partial charge in [0.15, 0.2) is 11.6 Å². The van der Waals surface area contributed by atoms with Gasteiger partial charge in [0.2, 0.25) is 17.5 Å². The van der Waals surface area contributed by atoms with Crippen LogP contribution in [0.25, 0.3) is 4.85 Å². The Balaban J connectivity index is 1.51. The van der Waals surface area contributed by atoms with Gasteiger partial charge in [0.1, 0.15) is 5.41 Å². The number of methoxy groups -OCH3 is 1. The fourth-order valence-electron chi connectivity index (χ4n) is 10.8. The van der Waals surface area contributed by atoms with Crippen molar-refractivity contribution >= 4 is 17.5 Å². The van der Waals surface area contributed by atoms with Gasteiger partial charge < -0.3 is 13.9 Å². The van der Waals surface area contributed by atoms with Crippen LogP contribution in [0.15, 0.2) is 27.8 Å². The number of aromatic nitrogens is 2. The van der Waals surface area contributed by atoms with Crippen LogP contribution >= 0.6 is 0 Å². The Morgan fingerprint density at radius 3 is 2.38 bits per heavy atom. The van der Waals surface area contributed by atoms with Crippen molar-refractivity contribution < 1.29 is 23.5 Å². The van der Waals surface area contributed by atoms with Crippen molar-refractivity contribution in [2.45, 2.75) is 92.4 Å². The predicted molar refractivity (Wildman–Crippen MR) is 154 cm³/mol. The molecule has 8 nitrogen and oxygen atoms in total. The molecule has 0 spiro atoms. The molecule has 224 valence electrons. The minimum atomic E-state index is -1.17. The molecule has 0 radical (unpaired) electrons. The van der Waals surface area contributed by atoms with Crippen molar-refractivity contribution in [1.82, 2.24) is 10.2 Å². The van der Waals surface area contributed by atoms with Crippen LogP contribution in [-0.2, 0) is 24.5 Å². The number of Topliss-reactive ketones (excluding diaryl/α,β-unsaturated/α-hetero) is 1. The van der Waals surface area contributed by atoms with Gasteiger partial charge >= 0.3 is 5.97 Å². The first-order valence-corrected chi connectivity index (χ1v) is 15.4. The van der Waals surface area contributed by atoms with E-state index in [-0.39, 0.29) is 75.0 Å². The van der Waals surface area contributed by atoms with E-state index in [0.29, 0.717) is 5.89 Å². The van der Waals surface area contributed by atoms with Gasteiger partial charge in [0.05, 0.1) is 19.6 Å². The number of fused-ring (bicyclic) bond motifs is 7. The zero-order chi connectivity index (χ0) is 30.6. The van der Waals surface area contributed by atoms with Gasteiger partial charge in [0, 0.05) is 18.3 Å². The Morgan fingerprint density at radius 1 is 1.05 bits per heavy atom. The van der Waals surface area contributed by atoms with E-state index in [1.807, 2.05) is 19.1 Å². The summed E-state index contributed by atoms with van der Waals surface area (Å²) in [6.45, 7) is 22.6. The predicted octanol–water partition coefficient (Wildman–Crippen LogP) is 6.21. The minimum Gasteiger partial charge on any atom is -0.469 e. The second-order valence-corrected chi connectivity index (χ2v) is 15.4. The van der Waals surface area contributed by atoms with E-state index in [2.05, 4.69) is 49.7 Å². The van der Waals surface area contributed by atoms with Gasteiger partial charge in [-0.2, -0.15) is 0 Å². The average molecular weight is 574 g/mol. The molecule has 0 saturated heterocycles. The molecule has 1 unspecified atom stereocenters. The molecule has 0 aromatic carbocycles. The number of hydrogen-bond acceptors (Lipinski definition) is 7. The number of ether oxygens (including phenoxy) is 1. The van der Waals surface area contributed by atoms with Crippen LogP contribution in [0, 0.1) is 64.7 Å². The molecule has 8 heteroatoms. The van der Waals surface area contributed by atoms with Gasteiger partial charge in [0.25, 0.3) is 0 Å². The second kappa shape index (κ2) is 8.97. The summed E-state index contributed by atoms with van der Waals surface area (Å²) in [5.41, 5.74) is -1.55. The highest BCUT2D eigenvalue weighted by Gasteiger charge is 2.70. The average Bonchev–Trinajstić information content (AvgIpc) is 3.37. The second-order valence-electron chi connectivity index (χ2n) is 15.4. The van der Waals surface area contributed by atoms with Crippen LogP contribution in [0.2, 0.25) is 0 Å². The summed E-state index contributed by atoms with van der Waals surface area (Å²) in [7, 11) is 1.47. The summed E-state index contributed by atoms with van der Waals surface area (Å²) in [6, 6.07) is 0. The van der Waals surface area contributed by atoms with Gasteiger partial charge in [-0.25, -0.2) is 4.85 Å². The molecule has 5 aliphatic rings. The van der Waals surface area contributed by atoms with Crippen molar-refractivity contribution in [3.8, 4) is 0 Å². The molecule has 0 N–H and O–H groups in total. The molecule has 42 heavy (non-hydrogen) atoms. The summed E-state index contributed by atoms with van der Waals surface area (Å²) in [5.74, 6) is -0.129. The molecule has 1 aromatic rings. The smallest absolute Gasteiger partial charge is 0.308 e. The summed E-state index contributed by atoms with van der Waals surface area (Å²) in [6.07, 6.45) is 8.64. The number of allylic oxidation sites excluding steroid dienone is 4. The molecule has 1 heterocycles. The number of esters is 1. The normalized spacial score (nSPS) is 43.9. The Morgan fingerprint density at radius 2 is 1.76 bits per heavy atom. The molecule has 0 amide bonds. The van der Waals surface area contributed by atoms with E-state index in [1.165, 1.54) is 7.11 Å². The van der Waals surface area contributed by atoms with Gasteiger partial charge in [-0.15, -0.1) is 10.2 Å². The van der Waals surface area contributed by atoms with Crippen molar-refractivity contribution in [3.05, 3.63) is 46.6 Å². The fourth-order valence-corrected chi connectivity index (χ4v) is 10.8. The molecule has 1 aromatic heterocycles. The third-order valence-corrected chi connectivity index (χ3v) is 12.9. The minimum absolute atomic E-state index is 0.0654. The zero-order valence-electron chi connectivity index (χ0n) is 26.2. The van der Waals surface area contributed by atoms with Crippen molar-refractivity contribution in [2.75, 3.05) is 7.11 Å². The lowest BCUT2D eigenvalue weighted by atomic mass is 9.35. The largest absolute Gasteiger partial charge is 0.469 e. The molecule has 0 bridgehead atoms. The fraction of sp³-hybridized carbons (Fsp3) is 0.706. The monoisotopic (exact) mass is 573 g/mol. The Kier molecular flexibility index (Phi) is 6.19. The highest BCUT2D eigenvalue weighted by atomic mass is 16.5. The maximum Gasteiger partial charge on any atom is 0.308 e. The van der Waals surface area contributed by atoms with Gasteiger partial charge in [-0.05, 0) is 85.5 Å². The van der Waals surface area contributed by atoms with Crippen LogP contribution in [0.5, 0.6) is 0 Å². The molecule has 9 atom stereocenters. The highest BCUT2D eigenvalue weighted by Crippen LogP contribution is 2.73. The number of carbonyl (C=O) groups excluding carboxylic acids is 3. The lowest BCUT2D eigenvalue weighted by Crippen LogP contribution is -2.64. The summed E-state index contributed by atoms with van der Waals surface area (Å²) >= 11 is 0. The standard InChI is InChI=1S/C34H43N3O5/c1-18-36-37-29(42-18)34(7)24-11-13-32(5)25(31(24,4)17-22(35-8)27(34)39)14-23(38)26-20-15-30(2,3)16-21(28(40)41-9)19(20)10-12-33(26,32)6/h14,17,19-21,24,26H,10-13,15-16H2,1-7,9H3/t19?,20-,21-,24-,26+,31+,32-,33-,34+/m1/s1. The van der Waals surface area contributed by atoms with Crippen LogP contribution < -0.4 is 0 Å². The van der Waals surface area contributed by atoms with Crippen molar-refractivity contribution in [1.29, 1.82) is 0 Å². The molecule has 6 rings (SSSR count). The number of hydrogen-bond donors (Lipinski definition) is 0. The van der Waals surface area contributed by atoms with E-state index in [0.717, 1.165) is 44.1 Å². The number of rotatable bonds is 2. The third-order valence-electron chi connectivity index (χ3n) is 12.9. The Hall–Kier alpha value is -3.08. The maximum absolute atomic E-state index is 14.5. The SMILES string of the molecule is [C-]#[N+]C1=C[C@]2(C)C3=CC(=O)[C@@H]4[C@@H]5CC(C)(C)C[C@@H](C(=O)OC)C5CC[C@@]4(C)[C@]3(C)CC[C@H]2[C@](C)(c2nnc(C)o2)C1=O. The van der Waals surface area contributed by atoms with Gasteiger partial charge in [-0.1, -0.05) is 46.3 Å². The van der Waals surface area contributed by atoms with E-state index in [4.69, 9.17) is 15.7 Å². The van der Waals surface area contributed by atoms with Crippen molar-refractivity contribution in [2.24, 2.45) is 51.2 Å². The van der Waals surface area contributed by atoms with Gasteiger partial charge in [-0.3, -0.25) is 9.59 Å². The molecule has 0 aliphatic heterocycles. The quantitative estimate of drug-likeness (QED) is 0.306. The number of aryl methyl sites for hydroxylation is 1. The van der Waals surface area contributed by atoms with E-state index < -0.39 is 10.8 Å². The molecule has 3 fully saturated rings. The maximum atomic E-state index is 14.5. The van der Waals surface area contributed by atoms with Crippen LogP contribution in [0.3, 0.4) is 0 Å². The number of nitrogens with zero attached hydrogens (tertiary/aromatic N) is 3. The first-order valence-electron chi connectivity index (χ1n) is 15.4. The van der Waals surface area contributed by atoms with Crippen LogP contribution in [0.1, 0.15) is 91.8 Å². The molecular formula is C34H43N3O5. The van der Waals surface area contributed by atoms with Crippen molar-refractivity contribution in [3.63, 3.8) is 0 Å². The molecule has 3 saturated carbocycles. The summed E-state index contributed by atoms with van der Waals surface area (Å²) in [4.78, 5) is 45.1. The number of ketones is 2. The van der Waals surface area contributed by atoms with E-state index in [1.54, 1.807) is 6.92 Å². The Labute approximate surface area is 248 Å². The zero-order valence-corrected chi connectivity index (χ0v) is 26.2. The highest BCUT2D eigenvalue weighted by molar-refractivity contribution is 6.06. The number of carbonyl (C=O) groups is 3. The lowest BCUT2D eigenvalue weighted by Gasteiger charge is -2.67. The summed E-state index contributed by atoms with van der Waals surface area (Å²) < 4.78 is 11.2. The molecular weight excluding hydrogens is 530 g/mol. The van der Waals surface area contributed by atoms with Crippen LogP contribution in [-0.4, -0.2) is 34.8 Å². The van der Waals surface area contributed by atoms with E-state index >= 15 is 0 Å². The molecule has 5 aliphatic carbocycles. The Bertz CT molecular complexity index is 1500. The first-order chi connectivity index (χ1) is 19.6. The van der Waals surface area contributed by atoms with E-state index in [9.17, 15) is 14.4 Å². The topological polar surface area (TPSA) is 104 Å². The first kappa shape index (κ1) is 29.0. The third kappa shape index (κ3) is 3.55. The lowest BCUT2D eigenvalue weighted by molar-refractivity contribution is -0.171. The summed E-state index contributed by atoms with van der Waals surface area (Å²) in [5, 5.41) is 8.33. The van der Waals surface area contributed by atoms with Crippen LogP contribution in [0.4, 0.5) is 0 Å².